The molecule has 0 spiro atoms. The molecule has 0 aliphatic carbocycles. The van der Waals surface area contributed by atoms with Gasteiger partial charge in [0.05, 0.1) is 21.3 Å². The third-order valence-corrected chi connectivity index (χ3v) is 5.20. The highest BCUT2D eigenvalue weighted by atomic mass is 16.5. The first kappa shape index (κ1) is 22.8. The van der Waals surface area contributed by atoms with Crippen molar-refractivity contribution in [2.75, 3.05) is 26.6 Å². The minimum Gasteiger partial charge on any atom is -0.493 e. The molecule has 0 atom stereocenters. The van der Waals surface area contributed by atoms with Crippen molar-refractivity contribution in [1.82, 2.24) is 19.7 Å². The Kier molecular flexibility index (Phi) is 6.72. The van der Waals surface area contributed by atoms with Gasteiger partial charge in [-0.15, -0.1) is 5.10 Å². The van der Waals surface area contributed by atoms with Crippen LogP contribution in [0, 0.1) is 6.92 Å². The number of methoxy groups -OCH3 is 3. The Labute approximate surface area is 197 Å². The van der Waals surface area contributed by atoms with Crippen molar-refractivity contribution >= 4 is 11.9 Å². The van der Waals surface area contributed by atoms with Crippen molar-refractivity contribution < 1.29 is 19.0 Å². The van der Waals surface area contributed by atoms with E-state index in [-0.39, 0.29) is 0 Å². The smallest absolute Gasteiger partial charge is 0.281 e. The van der Waals surface area contributed by atoms with Gasteiger partial charge in [0.1, 0.15) is 0 Å². The molecule has 0 fully saturated rings. The SMILES string of the molecule is COc1cc(C(=O)n2nc(-c3cccnc3)nc2NCc2ccc(C)cc2)cc(OC)c1OC. The highest BCUT2D eigenvalue weighted by Crippen LogP contribution is 2.38. The Morgan fingerprint density at radius 3 is 2.29 bits per heavy atom. The van der Waals surface area contributed by atoms with Gasteiger partial charge in [0.25, 0.3) is 5.91 Å². The van der Waals surface area contributed by atoms with Crippen molar-refractivity contribution in [2.24, 2.45) is 0 Å². The van der Waals surface area contributed by atoms with Crippen molar-refractivity contribution in [3.05, 3.63) is 77.6 Å². The zero-order chi connectivity index (χ0) is 24.1. The van der Waals surface area contributed by atoms with E-state index in [4.69, 9.17) is 14.2 Å². The van der Waals surface area contributed by atoms with Crippen LogP contribution in [0.3, 0.4) is 0 Å². The van der Waals surface area contributed by atoms with Gasteiger partial charge in [0.2, 0.25) is 11.7 Å². The number of carbonyl (C=O) groups excluding carboxylic acids is 1. The van der Waals surface area contributed by atoms with E-state index in [0.717, 1.165) is 5.56 Å². The third kappa shape index (κ3) is 4.68. The fraction of sp³-hybridized carbons (Fsp3) is 0.200. The predicted molar refractivity (Wildman–Crippen MR) is 128 cm³/mol. The number of anilines is 1. The average Bonchev–Trinajstić information content (AvgIpc) is 3.31. The third-order valence-electron chi connectivity index (χ3n) is 5.20. The van der Waals surface area contributed by atoms with Crippen LogP contribution in [0.4, 0.5) is 5.95 Å². The van der Waals surface area contributed by atoms with Gasteiger partial charge in [-0.05, 0) is 36.8 Å². The van der Waals surface area contributed by atoms with Gasteiger partial charge in [0, 0.05) is 30.1 Å². The first-order valence-corrected chi connectivity index (χ1v) is 10.6. The largest absolute Gasteiger partial charge is 0.493 e. The molecule has 0 amide bonds. The molecule has 9 nitrogen and oxygen atoms in total. The second kappa shape index (κ2) is 10.0. The van der Waals surface area contributed by atoms with Crippen molar-refractivity contribution in [3.63, 3.8) is 0 Å². The van der Waals surface area contributed by atoms with E-state index in [2.05, 4.69) is 20.4 Å². The molecule has 4 aromatic rings. The summed E-state index contributed by atoms with van der Waals surface area (Å²) < 4.78 is 17.4. The number of aryl methyl sites for hydroxylation is 1. The topological polar surface area (TPSA) is 100 Å². The van der Waals surface area contributed by atoms with Crippen LogP contribution < -0.4 is 19.5 Å². The van der Waals surface area contributed by atoms with Gasteiger partial charge >= 0.3 is 0 Å². The van der Waals surface area contributed by atoms with Gasteiger partial charge in [0.15, 0.2) is 17.3 Å². The van der Waals surface area contributed by atoms with Gasteiger partial charge < -0.3 is 19.5 Å². The Bertz CT molecular complexity index is 1260. The fourth-order valence-electron chi connectivity index (χ4n) is 3.40. The Balaban J connectivity index is 1.74. The first-order chi connectivity index (χ1) is 16.5. The second-order valence-electron chi connectivity index (χ2n) is 7.47. The maximum atomic E-state index is 13.6. The van der Waals surface area contributed by atoms with Crippen molar-refractivity contribution in [3.8, 4) is 28.6 Å². The second-order valence-corrected chi connectivity index (χ2v) is 7.47. The zero-order valence-electron chi connectivity index (χ0n) is 19.4. The van der Waals surface area contributed by atoms with Crippen LogP contribution in [0.25, 0.3) is 11.4 Å². The molecule has 0 radical (unpaired) electrons. The number of ether oxygens (including phenoxy) is 3. The summed E-state index contributed by atoms with van der Waals surface area (Å²) in [4.78, 5) is 22.3. The number of benzene rings is 2. The Morgan fingerprint density at radius 1 is 1.00 bits per heavy atom. The van der Waals surface area contributed by atoms with Crippen LogP contribution in [0.5, 0.6) is 17.2 Å². The van der Waals surface area contributed by atoms with Crippen LogP contribution in [-0.2, 0) is 6.54 Å². The number of nitrogens with one attached hydrogen (secondary N) is 1. The lowest BCUT2D eigenvalue weighted by Crippen LogP contribution is -2.18. The molecular formula is C25H25N5O4. The van der Waals surface area contributed by atoms with E-state index >= 15 is 0 Å². The Morgan fingerprint density at radius 2 is 1.71 bits per heavy atom. The lowest BCUT2D eigenvalue weighted by molar-refractivity contribution is 0.0946. The molecule has 9 heteroatoms. The summed E-state index contributed by atoms with van der Waals surface area (Å²) in [5.41, 5.74) is 3.21. The molecule has 2 aromatic heterocycles. The average molecular weight is 460 g/mol. The van der Waals surface area contributed by atoms with E-state index in [1.807, 2.05) is 37.3 Å². The monoisotopic (exact) mass is 459 g/mol. The molecule has 0 unspecified atom stereocenters. The summed E-state index contributed by atoms with van der Waals surface area (Å²) in [6, 6.07) is 14.9. The molecule has 0 saturated heterocycles. The van der Waals surface area contributed by atoms with Crippen LogP contribution in [-0.4, -0.2) is 47.0 Å². The molecule has 1 N–H and O–H groups in total. The lowest BCUT2D eigenvalue weighted by atomic mass is 10.1. The molecule has 0 saturated carbocycles. The van der Waals surface area contributed by atoms with Gasteiger partial charge in [-0.3, -0.25) is 9.78 Å². The van der Waals surface area contributed by atoms with Crippen LogP contribution >= 0.6 is 0 Å². The minimum atomic E-state index is -0.409. The highest BCUT2D eigenvalue weighted by Gasteiger charge is 2.22. The van der Waals surface area contributed by atoms with E-state index < -0.39 is 5.91 Å². The first-order valence-electron chi connectivity index (χ1n) is 10.6. The van der Waals surface area contributed by atoms with E-state index in [9.17, 15) is 4.79 Å². The summed E-state index contributed by atoms with van der Waals surface area (Å²) in [6.07, 6.45) is 3.31. The Hall–Kier alpha value is -4.40. The van der Waals surface area contributed by atoms with Crippen LogP contribution in [0.2, 0.25) is 0 Å². The summed E-state index contributed by atoms with van der Waals surface area (Å²) in [5.74, 6) is 1.40. The number of rotatable bonds is 8. The molecule has 174 valence electrons. The molecule has 0 aliphatic heterocycles. The summed E-state index contributed by atoms with van der Waals surface area (Å²) in [7, 11) is 4.50. The van der Waals surface area contributed by atoms with E-state index in [1.165, 1.54) is 31.6 Å². The van der Waals surface area contributed by atoms with Crippen molar-refractivity contribution in [2.45, 2.75) is 13.5 Å². The van der Waals surface area contributed by atoms with Crippen LogP contribution in [0.1, 0.15) is 21.5 Å². The molecule has 0 bridgehead atoms. The molecule has 4 rings (SSSR count). The maximum absolute atomic E-state index is 13.6. The van der Waals surface area contributed by atoms with E-state index in [1.54, 1.807) is 30.6 Å². The summed E-state index contributed by atoms with van der Waals surface area (Å²) in [6.45, 7) is 2.50. The number of hydrogen-bond donors (Lipinski definition) is 1. The molecule has 2 aromatic carbocycles. The van der Waals surface area contributed by atoms with Gasteiger partial charge in [-0.1, -0.05) is 29.8 Å². The fourth-order valence-corrected chi connectivity index (χ4v) is 3.40. The van der Waals surface area contributed by atoms with Crippen molar-refractivity contribution in [1.29, 1.82) is 0 Å². The zero-order valence-corrected chi connectivity index (χ0v) is 19.4. The predicted octanol–water partition coefficient (Wildman–Crippen LogP) is 3.97. The molecule has 0 aliphatic rings. The minimum absolute atomic E-state index is 0.301. The normalized spacial score (nSPS) is 10.6. The number of carbonyl (C=O) groups is 1. The molecular weight excluding hydrogens is 434 g/mol. The van der Waals surface area contributed by atoms with Crippen LogP contribution in [0.15, 0.2) is 60.9 Å². The van der Waals surface area contributed by atoms with Gasteiger partial charge in [-0.2, -0.15) is 9.67 Å². The maximum Gasteiger partial charge on any atom is 0.281 e. The quantitative estimate of drug-likeness (QED) is 0.422. The number of pyridine rings is 1. The number of nitrogens with zero attached hydrogens (tertiary/aromatic N) is 4. The van der Waals surface area contributed by atoms with E-state index in [0.29, 0.717) is 46.7 Å². The molecule has 34 heavy (non-hydrogen) atoms. The lowest BCUT2D eigenvalue weighted by Gasteiger charge is -2.14. The highest BCUT2D eigenvalue weighted by molar-refractivity contribution is 5.98. The summed E-state index contributed by atoms with van der Waals surface area (Å²) >= 11 is 0. The number of hydrogen-bond acceptors (Lipinski definition) is 8. The molecule has 2 heterocycles. The number of aromatic nitrogens is 4. The summed E-state index contributed by atoms with van der Waals surface area (Å²) in [5, 5.41) is 7.71. The van der Waals surface area contributed by atoms with Gasteiger partial charge in [-0.25, -0.2) is 0 Å². The standard InChI is InChI=1S/C25H25N5O4/c1-16-7-9-17(10-8-16)14-27-25-28-23(18-6-5-11-26-15-18)29-30(25)24(31)19-12-20(32-2)22(34-4)21(13-19)33-3/h5-13,15H,14H2,1-4H3,(H,27,28,29).